The van der Waals surface area contributed by atoms with Crippen molar-refractivity contribution in [2.75, 3.05) is 18.4 Å². The Labute approximate surface area is 91.1 Å². The van der Waals surface area contributed by atoms with Crippen molar-refractivity contribution < 1.29 is 8.78 Å². The van der Waals surface area contributed by atoms with E-state index in [0.29, 0.717) is 12.2 Å². The van der Waals surface area contributed by atoms with Gasteiger partial charge in [-0.05, 0) is 0 Å². The molecule has 0 aliphatic heterocycles. The van der Waals surface area contributed by atoms with E-state index in [9.17, 15) is 13.6 Å². The van der Waals surface area contributed by atoms with E-state index < -0.39 is 19.0 Å². The maximum absolute atomic E-state index is 12.8. The summed E-state index contributed by atoms with van der Waals surface area (Å²) in [5, 5.41) is 2.39. The van der Waals surface area contributed by atoms with Crippen molar-refractivity contribution in [3.63, 3.8) is 0 Å². The topological polar surface area (TPSA) is 83.8 Å². The molecule has 1 aromatic rings. The molecule has 1 aromatic heterocycles. The zero-order valence-electron chi connectivity index (χ0n) is 8.89. The number of alkyl halides is 2. The van der Waals surface area contributed by atoms with Gasteiger partial charge in [-0.2, -0.15) is 0 Å². The number of H-pyrrole nitrogens is 1. The SMILES string of the molecule is CCc1nc(NCC(F)(F)CN)cc(=O)[nH]1. The van der Waals surface area contributed by atoms with Gasteiger partial charge in [-0.1, -0.05) is 6.92 Å². The molecule has 0 radical (unpaired) electrons. The third-order valence-corrected chi connectivity index (χ3v) is 1.95. The van der Waals surface area contributed by atoms with E-state index in [-0.39, 0.29) is 11.4 Å². The minimum Gasteiger partial charge on any atom is -0.364 e. The molecule has 0 fully saturated rings. The standard InChI is InChI=1S/C9H14F2N4O/c1-2-6-14-7(3-8(16)15-6)13-5-9(10,11)4-12/h3H,2,4-5,12H2,1H3,(H2,13,14,15,16). The Morgan fingerprint density at radius 1 is 1.62 bits per heavy atom. The minimum absolute atomic E-state index is 0.133. The molecule has 0 aliphatic rings. The van der Waals surface area contributed by atoms with E-state index in [2.05, 4.69) is 15.3 Å². The van der Waals surface area contributed by atoms with Crippen molar-refractivity contribution in [1.82, 2.24) is 9.97 Å². The maximum atomic E-state index is 12.8. The number of anilines is 1. The van der Waals surface area contributed by atoms with Crippen LogP contribution in [0.5, 0.6) is 0 Å². The van der Waals surface area contributed by atoms with Crippen LogP contribution in [0.25, 0.3) is 0 Å². The fourth-order valence-electron chi connectivity index (χ4n) is 1.06. The lowest BCUT2D eigenvalue weighted by molar-refractivity contribution is 0.0253. The first-order valence-corrected chi connectivity index (χ1v) is 4.89. The van der Waals surface area contributed by atoms with Crippen LogP contribution in [0.3, 0.4) is 0 Å². The van der Waals surface area contributed by atoms with Crippen LogP contribution in [0.1, 0.15) is 12.7 Å². The van der Waals surface area contributed by atoms with Crippen molar-refractivity contribution >= 4 is 5.82 Å². The predicted molar refractivity (Wildman–Crippen MR) is 56.7 cm³/mol. The number of rotatable bonds is 5. The highest BCUT2D eigenvalue weighted by atomic mass is 19.3. The van der Waals surface area contributed by atoms with Gasteiger partial charge in [0.05, 0.1) is 13.1 Å². The van der Waals surface area contributed by atoms with Crippen LogP contribution in [0.15, 0.2) is 10.9 Å². The molecule has 0 saturated heterocycles. The normalized spacial score (nSPS) is 11.5. The largest absolute Gasteiger partial charge is 0.364 e. The van der Waals surface area contributed by atoms with Crippen LogP contribution in [0.4, 0.5) is 14.6 Å². The van der Waals surface area contributed by atoms with E-state index in [1.54, 1.807) is 6.92 Å². The van der Waals surface area contributed by atoms with Crippen LogP contribution in [-0.4, -0.2) is 29.0 Å². The number of nitrogens with zero attached hydrogens (tertiary/aromatic N) is 1. The molecule has 0 unspecified atom stereocenters. The molecule has 16 heavy (non-hydrogen) atoms. The predicted octanol–water partition coefficient (Wildman–Crippen LogP) is 0.338. The molecule has 0 aromatic carbocycles. The lowest BCUT2D eigenvalue weighted by Gasteiger charge is -2.14. The van der Waals surface area contributed by atoms with E-state index in [0.717, 1.165) is 6.07 Å². The van der Waals surface area contributed by atoms with E-state index in [4.69, 9.17) is 5.73 Å². The lowest BCUT2D eigenvalue weighted by atomic mass is 10.3. The van der Waals surface area contributed by atoms with Crippen molar-refractivity contribution in [1.29, 1.82) is 0 Å². The summed E-state index contributed by atoms with van der Waals surface area (Å²) in [6.45, 7) is 0.420. The molecular formula is C9H14F2N4O. The molecule has 90 valence electrons. The Morgan fingerprint density at radius 3 is 2.88 bits per heavy atom. The molecular weight excluding hydrogens is 218 g/mol. The zero-order chi connectivity index (χ0) is 12.2. The highest BCUT2D eigenvalue weighted by Crippen LogP contribution is 2.11. The first kappa shape index (κ1) is 12.6. The van der Waals surface area contributed by atoms with Crippen LogP contribution in [-0.2, 0) is 6.42 Å². The summed E-state index contributed by atoms with van der Waals surface area (Å²) in [5.41, 5.74) is 4.51. The number of nitrogens with two attached hydrogens (primary N) is 1. The van der Waals surface area contributed by atoms with Gasteiger partial charge in [0.1, 0.15) is 11.6 Å². The van der Waals surface area contributed by atoms with E-state index in [1.165, 1.54) is 0 Å². The van der Waals surface area contributed by atoms with Gasteiger partial charge in [-0.3, -0.25) is 4.79 Å². The molecule has 1 heterocycles. The Morgan fingerprint density at radius 2 is 2.31 bits per heavy atom. The summed E-state index contributed by atoms with van der Waals surface area (Å²) >= 11 is 0. The fraction of sp³-hybridized carbons (Fsp3) is 0.556. The molecule has 0 aliphatic carbocycles. The van der Waals surface area contributed by atoms with Gasteiger partial charge < -0.3 is 16.0 Å². The number of halogens is 2. The van der Waals surface area contributed by atoms with Gasteiger partial charge in [-0.15, -0.1) is 0 Å². The molecule has 0 bridgehead atoms. The second-order valence-electron chi connectivity index (χ2n) is 3.34. The molecule has 0 saturated carbocycles. The third kappa shape index (κ3) is 3.58. The number of hydrogen-bond acceptors (Lipinski definition) is 4. The lowest BCUT2D eigenvalue weighted by Crippen LogP contribution is -2.35. The van der Waals surface area contributed by atoms with Gasteiger partial charge in [0.2, 0.25) is 0 Å². The molecule has 0 atom stereocenters. The summed E-state index contributed by atoms with van der Waals surface area (Å²) in [6.07, 6.45) is 0.526. The first-order chi connectivity index (χ1) is 7.46. The quantitative estimate of drug-likeness (QED) is 0.683. The zero-order valence-corrected chi connectivity index (χ0v) is 8.89. The average Bonchev–Trinajstić information content (AvgIpc) is 2.26. The third-order valence-electron chi connectivity index (χ3n) is 1.95. The Bertz CT molecular complexity index is 405. The summed E-state index contributed by atoms with van der Waals surface area (Å²) in [4.78, 5) is 17.6. The van der Waals surface area contributed by atoms with Gasteiger partial charge in [0.15, 0.2) is 0 Å². The van der Waals surface area contributed by atoms with E-state index >= 15 is 0 Å². The number of aryl methyl sites for hydroxylation is 1. The molecule has 0 spiro atoms. The summed E-state index contributed by atoms with van der Waals surface area (Å²) < 4.78 is 25.6. The summed E-state index contributed by atoms with van der Waals surface area (Å²) in [6, 6.07) is 1.13. The first-order valence-electron chi connectivity index (χ1n) is 4.89. The molecule has 0 amide bonds. The fourth-order valence-corrected chi connectivity index (χ4v) is 1.06. The second kappa shape index (κ2) is 5.02. The number of aromatic nitrogens is 2. The van der Waals surface area contributed by atoms with Crippen LogP contribution in [0.2, 0.25) is 0 Å². The number of nitrogens with one attached hydrogen (secondary N) is 2. The molecule has 7 heteroatoms. The highest BCUT2D eigenvalue weighted by Gasteiger charge is 2.26. The van der Waals surface area contributed by atoms with Crippen molar-refractivity contribution in [3.05, 3.63) is 22.2 Å². The Kier molecular flexibility index (Phi) is 3.94. The second-order valence-corrected chi connectivity index (χ2v) is 3.34. The smallest absolute Gasteiger partial charge is 0.276 e. The van der Waals surface area contributed by atoms with Crippen LogP contribution >= 0.6 is 0 Å². The van der Waals surface area contributed by atoms with Crippen LogP contribution < -0.4 is 16.6 Å². The average molecular weight is 232 g/mol. The van der Waals surface area contributed by atoms with Crippen molar-refractivity contribution in [2.45, 2.75) is 19.3 Å². The van der Waals surface area contributed by atoms with E-state index in [1.807, 2.05) is 0 Å². The van der Waals surface area contributed by atoms with Crippen LogP contribution in [0, 0.1) is 0 Å². The van der Waals surface area contributed by atoms with Crippen molar-refractivity contribution in [3.8, 4) is 0 Å². The van der Waals surface area contributed by atoms with Gasteiger partial charge >= 0.3 is 0 Å². The Balaban J connectivity index is 2.74. The highest BCUT2D eigenvalue weighted by molar-refractivity contribution is 5.33. The maximum Gasteiger partial charge on any atom is 0.276 e. The molecule has 1 rings (SSSR count). The minimum atomic E-state index is -3.00. The number of hydrogen-bond donors (Lipinski definition) is 3. The van der Waals surface area contributed by atoms with Crippen molar-refractivity contribution in [2.24, 2.45) is 5.73 Å². The van der Waals surface area contributed by atoms with Gasteiger partial charge in [0, 0.05) is 12.5 Å². The van der Waals surface area contributed by atoms with Gasteiger partial charge in [-0.25, -0.2) is 13.8 Å². The number of aromatic amines is 1. The summed E-state index contributed by atoms with van der Waals surface area (Å²) in [5.74, 6) is -2.42. The Hall–Kier alpha value is -1.50. The molecule has 5 nitrogen and oxygen atoms in total. The monoisotopic (exact) mass is 232 g/mol. The van der Waals surface area contributed by atoms with Gasteiger partial charge in [0.25, 0.3) is 11.5 Å². The molecule has 4 N–H and O–H groups in total. The summed E-state index contributed by atoms with van der Waals surface area (Å²) in [7, 11) is 0.